The first-order chi connectivity index (χ1) is 7.59. The quantitative estimate of drug-likeness (QED) is 0.688. The normalized spacial score (nSPS) is 18.8. The zero-order chi connectivity index (χ0) is 12.0. The Labute approximate surface area is 99.4 Å². The minimum Gasteiger partial charge on any atom is -0.480 e. The minimum atomic E-state index is -1.02. The second-order valence-corrected chi connectivity index (χ2v) is 5.19. The Balaban J connectivity index is 2.16. The maximum absolute atomic E-state index is 11.3. The van der Waals surface area contributed by atoms with Crippen LogP contribution in [0.4, 0.5) is 4.79 Å². The summed E-state index contributed by atoms with van der Waals surface area (Å²) in [6.45, 7) is 2.08. The van der Waals surface area contributed by atoms with Gasteiger partial charge in [-0.05, 0) is 37.2 Å². The summed E-state index contributed by atoms with van der Waals surface area (Å²) in [6, 6.07) is -1.24. The largest absolute Gasteiger partial charge is 0.480 e. The van der Waals surface area contributed by atoms with Crippen LogP contribution in [0.5, 0.6) is 0 Å². The summed E-state index contributed by atoms with van der Waals surface area (Å²) < 4.78 is 0. The van der Waals surface area contributed by atoms with Gasteiger partial charge in [0.05, 0.1) is 0 Å². The van der Waals surface area contributed by atoms with E-state index in [9.17, 15) is 9.59 Å². The molecular weight excluding hydrogens is 228 g/mol. The lowest BCUT2D eigenvalue weighted by Gasteiger charge is -2.21. The second-order valence-electron chi connectivity index (χ2n) is 3.97. The first kappa shape index (κ1) is 13.2. The minimum absolute atomic E-state index is 0.395. The van der Waals surface area contributed by atoms with Crippen LogP contribution in [0.25, 0.3) is 0 Å². The predicted octanol–water partition coefficient (Wildman–Crippen LogP) is 0.902. The van der Waals surface area contributed by atoms with Gasteiger partial charge < -0.3 is 15.7 Å². The Hall–Kier alpha value is -0.910. The Bertz CT molecular complexity index is 254. The van der Waals surface area contributed by atoms with E-state index in [2.05, 4.69) is 10.6 Å². The number of nitrogens with one attached hydrogen (secondary N) is 2. The third-order valence-corrected chi connectivity index (χ3v) is 3.66. The fraction of sp³-hybridized carbons (Fsp3) is 0.800. The number of carboxylic acid groups (broad SMARTS) is 1. The lowest BCUT2D eigenvalue weighted by atomic mass is 10.0. The predicted molar refractivity (Wildman–Crippen MR) is 63.7 cm³/mol. The van der Waals surface area contributed by atoms with Gasteiger partial charge in [-0.2, -0.15) is 11.8 Å². The monoisotopic (exact) mass is 246 g/mol. The summed E-state index contributed by atoms with van der Waals surface area (Å²) in [7, 11) is 0. The summed E-state index contributed by atoms with van der Waals surface area (Å²) in [5.41, 5.74) is 0. The number of aliphatic carboxylic acids is 1. The van der Waals surface area contributed by atoms with Crippen molar-refractivity contribution in [2.24, 2.45) is 5.92 Å². The zero-order valence-corrected chi connectivity index (χ0v) is 10.2. The van der Waals surface area contributed by atoms with Crippen molar-refractivity contribution in [2.45, 2.75) is 25.8 Å². The number of rotatable bonds is 4. The lowest BCUT2D eigenvalue weighted by molar-refractivity contribution is -0.138. The molecule has 0 spiro atoms. The van der Waals surface area contributed by atoms with Crippen molar-refractivity contribution in [3.05, 3.63) is 0 Å². The van der Waals surface area contributed by atoms with Crippen molar-refractivity contribution < 1.29 is 14.7 Å². The highest BCUT2D eigenvalue weighted by molar-refractivity contribution is 7.99. The molecule has 1 aliphatic rings. The van der Waals surface area contributed by atoms with Crippen molar-refractivity contribution in [1.29, 1.82) is 0 Å². The van der Waals surface area contributed by atoms with Crippen molar-refractivity contribution in [1.82, 2.24) is 10.6 Å². The van der Waals surface area contributed by atoms with Gasteiger partial charge in [0, 0.05) is 6.54 Å². The Morgan fingerprint density at radius 2 is 2.06 bits per heavy atom. The zero-order valence-electron chi connectivity index (χ0n) is 9.36. The molecule has 1 atom stereocenters. The van der Waals surface area contributed by atoms with Crippen molar-refractivity contribution in [3.63, 3.8) is 0 Å². The average Bonchev–Trinajstić information content (AvgIpc) is 2.27. The molecule has 1 aliphatic heterocycles. The van der Waals surface area contributed by atoms with Gasteiger partial charge >= 0.3 is 12.0 Å². The van der Waals surface area contributed by atoms with E-state index in [4.69, 9.17) is 5.11 Å². The standard InChI is InChI=1S/C10H18N2O3S/c1-7(9(13)14)12-10(15)11-6-8-2-4-16-5-3-8/h7-8H,2-6H2,1H3,(H,13,14)(H2,11,12,15)/t7-/m1/s1. The van der Waals surface area contributed by atoms with Crippen LogP contribution >= 0.6 is 11.8 Å². The Kier molecular flexibility index (Phi) is 5.45. The van der Waals surface area contributed by atoms with Crippen LogP contribution in [-0.2, 0) is 4.79 Å². The van der Waals surface area contributed by atoms with Crippen LogP contribution in [0.15, 0.2) is 0 Å². The van der Waals surface area contributed by atoms with E-state index < -0.39 is 18.0 Å². The van der Waals surface area contributed by atoms with Gasteiger partial charge in [-0.1, -0.05) is 0 Å². The van der Waals surface area contributed by atoms with E-state index in [-0.39, 0.29) is 0 Å². The molecule has 1 heterocycles. The van der Waals surface area contributed by atoms with Gasteiger partial charge in [-0.15, -0.1) is 0 Å². The van der Waals surface area contributed by atoms with Crippen molar-refractivity contribution >= 4 is 23.8 Å². The Morgan fingerprint density at radius 1 is 1.44 bits per heavy atom. The average molecular weight is 246 g/mol. The molecule has 0 unspecified atom stereocenters. The number of carbonyl (C=O) groups excluding carboxylic acids is 1. The van der Waals surface area contributed by atoms with Crippen LogP contribution in [-0.4, -0.2) is 41.2 Å². The fourth-order valence-electron chi connectivity index (χ4n) is 1.50. The van der Waals surface area contributed by atoms with Crippen LogP contribution in [0.1, 0.15) is 19.8 Å². The van der Waals surface area contributed by atoms with Crippen LogP contribution in [0.2, 0.25) is 0 Å². The summed E-state index contributed by atoms with van der Waals surface area (Å²) in [5.74, 6) is 1.82. The molecule has 1 rings (SSSR count). The molecule has 0 saturated carbocycles. The van der Waals surface area contributed by atoms with E-state index in [0.717, 1.165) is 24.3 Å². The SMILES string of the molecule is C[C@@H](NC(=O)NCC1CCSCC1)C(=O)O. The molecule has 0 aromatic heterocycles. The van der Waals surface area contributed by atoms with Crippen LogP contribution in [0.3, 0.4) is 0 Å². The van der Waals surface area contributed by atoms with E-state index in [1.807, 2.05) is 11.8 Å². The maximum atomic E-state index is 11.3. The number of amides is 2. The fourth-order valence-corrected chi connectivity index (χ4v) is 2.70. The highest BCUT2D eigenvalue weighted by Gasteiger charge is 2.16. The van der Waals surface area contributed by atoms with Gasteiger partial charge in [0.1, 0.15) is 6.04 Å². The van der Waals surface area contributed by atoms with Crippen LogP contribution in [0, 0.1) is 5.92 Å². The highest BCUT2D eigenvalue weighted by atomic mass is 32.2. The topological polar surface area (TPSA) is 78.4 Å². The molecule has 6 heteroatoms. The van der Waals surface area contributed by atoms with Gasteiger partial charge in [0.25, 0.3) is 0 Å². The molecule has 0 radical (unpaired) electrons. The van der Waals surface area contributed by atoms with Crippen molar-refractivity contribution in [2.75, 3.05) is 18.1 Å². The molecule has 5 nitrogen and oxygen atoms in total. The number of hydrogen-bond acceptors (Lipinski definition) is 3. The molecule has 16 heavy (non-hydrogen) atoms. The van der Waals surface area contributed by atoms with Gasteiger partial charge in [-0.25, -0.2) is 4.79 Å². The lowest BCUT2D eigenvalue weighted by Crippen LogP contribution is -2.45. The molecule has 92 valence electrons. The molecule has 2 amide bonds. The molecule has 0 bridgehead atoms. The smallest absolute Gasteiger partial charge is 0.325 e. The van der Waals surface area contributed by atoms with Gasteiger partial charge in [0.15, 0.2) is 0 Å². The molecule has 1 fully saturated rings. The first-order valence-electron chi connectivity index (χ1n) is 5.44. The summed E-state index contributed by atoms with van der Waals surface area (Å²) in [5, 5.41) is 13.7. The molecule has 0 aromatic rings. The van der Waals surface area contributed by atoms with E-state index in [1.165, 1.54) is 6.92 Å². The van der Waals surface area contributed by atoms with E-state index in [1.54, 1.807) is 0 Å². The summed E-state index contributed by atoms with van der Waals surface area (Å²) in [4.78, 5) is 21.8. The first-order valence-corrected chi connectivity index (χ1v) is 6.60. The Morgan fingerprint density at radius 3 is 2.62 bits per heavy atom. The molecule has 1 saturated heterocycles. The molecule has 3 N–H and O–H groups in total. The van der Waals surface area contributed by atoms with Crippen LogP contribution < -0.4 is 10.6 Å². The highest BCUT2D eigenvalue weighted by Crippen LogP contribution is 2.21. The molecule has 0 aliphatic carbocycles. The molecule has 0 aromatic carbocycles. The summed E-state index contributed by atoms with van der Waals surface area (Å²) in [6.07, 6.45) is 2.25. The van der Waals surface area contributed by atoms with E-state index >= 15 is 0 Å². The third-order valence-electron chi connectivity index (χ3n) is 2.61. The number of carboxylic acids is 1. The third kappa shape index (κ3) is 4.74. The van der Waals surface area contributed by atoms with Crippen molar-refractivity contribution in [3.8, 4) is 0 Å². The second kappa shape index (κ2) is 6.62. The number of hydrogen-bond donors (Lipinski definition) is 3. The maximum Gasteiger partial charge on any atom is 0.325 e. The van der Waals surface area contributed by atoms with Gasteiger partial charge in [0.2, 0.25) is 0 Å². The van der Waals surface area contributed by atoms with Gasteiger partial charge in [-0.3, -0.25) is 4.79 Å². The number of thioether (sulfide) groups is 1. The summed E-state index contributed by atoms with van der Waals surface area (Å²) >= 11 is 1.94. The number of urea groups is 1. The molecular formula is C10H18N2O3S. The number of carbonyl (C=O) groups is 2. The van der Waals surface area contributed by atoms with E-state index in [0.29, 0.717) is 12.5 Å².